The number of fused-ring (bicyclic) bond motifs is 1. The molecule has 2 aromatic heterocycles. The fourth-order valence-electron chi connectivity index (χ4n) is 3.27. The lowest BCUT2D eigenvalue weighted by Crippen LogP contribution is -2.33. The Balaban J connectivity index is 1.43. The summed E-state index contributed by atoms with van der Waals surface area (Å²) in [4.78, 5) is 21.8. The van der Waals surface area contributed by atoms with Crippen LogP contribution in [0.2, 0.25) is 0 Å². The van der Waals surface area contributed by atoms with Crippen LogP contribution < -0.4 is 10.1 Å². The molecule has 148 valence electrons. The Labute approximate surface area is 172 Å². The van der Waals surface area contributed by atoms with Crippen molar-refractivity contribution in [1.29, 1.82) is 0 Å². The Bertz CT molecular complexity index is 1080. The smallest absolute Gasteiger partial charge is 0.244 e. The molecule has 0 saturated carbocycles. The number of carbonyl (C=O) groups is 1. The molecule has 5 nitrogen and oxygen atoms in total. The second-order valence-corrected chi connectivity index (χ2v) is 7.91. The highest BCUT2D eigenvalue weighted by molar-refractivity contribution is 7.10. The van der Waals surface area contributed by atoms with Gasteiger partial charge < -0.3 is 10.1 Å². The molecule has 29 heavy (non-hydrogen) atoms. The van der Waals surface area contributed by atoms with E-state index in [-0.39, 0.29) is 17.8 Å². The van der Waals surface area contributed by atoms with Gasteiger partial charge in [0.1, 0.15) is 6.10 Å². The zero-order valence-corrected chi connectivity index (χ0v) is 16.9. The first-order chi connectivity index (χ1) is 14.0. The second kappa shape index (κ2) is 8.13. The summed E-state index contributed by atoms with van der Waals surface area (Å²) in [6, 6.07) is 7.19. The fourth-order valence-corrected chi connectivity index (χ4v) is 3.88. The van der Waals surface area contributed by atoms with E-state index >= 15 is 0 Å². The van der Waals surface area contributed by atoms with E-state index < -0.39 is 5.82 Å². The molecule has 1 aromatic carbocycles. The Morgan fingerprint density at radius 1 is 1.41 bits per heavy atom. The Morgan fingerprint density at radius 2 is 2.28 bits per heavy atom. The van der Waals surface area contributed by atoms with Gasteiger partial charge in [0.2, 0.25) is 5.91 Å². The third-order valence-corrected chi connectivity index (χ3v) is 5.49. The molecule has 0 spiro atoms. The molecule has 3 heterocycles. The van der Waals surface area contributed by atoms with Gasteiger partial charge in [-0.3, -0.25) is 9.78 Å². The molecule has 1 aliphatic rings. The molecule has 3 aromatic rings. The van der Waals surface area contributed by atoms with E-state index in [1.54, 1.807) is 23.6 Å². The predicted octanol–water partition coefficient (Wildman–Crippen LogP) is 4.09. The lowest BCUT2D eigenvalue weighted by molar-refractivity contribution is -0.116. The van der Waals surface area contributed by atoms with E-state index in [0.717, 1.165) is 21.8 Å². The number of thiophene rings is 1. The third kappa shape index (κ3) is 4.35. The SMILES string of the molecule is Cc1cnc(C)c(-c2cc(F)c3c(c2)CC(CNC(=O)/C=C/c2cccs2)O3)n1. The van der Waals surface area contributed by atoms with Gasteiger partial charge in [-0.2, -0.15) is 0 Å². The van der Waals surface area contributed by atoms with Crippen molar-refractivity contribution in [2.75, 3.05) is 6.54 Å². The van der Waals surface area contributed by atoms with Crippen LogP contribution in [0.3, 0.4) is 0 Å². The molecule has 1 unspecified atom stereocenters. The average molecular weight is 409 g/mol. The minimum Gasteiger partial charge on any atom is -0.485 e. The number of hydrogen-bond acceptors (Lipinski definition) is 5. The van der Waals surface area contributed by atoms with Crippen LogP contribution in [-0.2, 0) is 11.2 Å². The van der Waals surface area contributed by atoms with E-state index in [0.29, 0.717) is 24.2 Å². The van der Waals surface area contributed by atoms with Crippen LogP contribution in [0.5, 0.6) is 5.75 Å². The molecule has 0 aliphatic carbocycles. The van der Waals surface area contributed by atoms with Gasteiger partial charge in [0, 0.05) is 34.7 Å². The number of rotatable bonds is 5. The van der Waals surface area contributed by atoms with Crippen molar-refractivity contribution in [2.24, 2.45) is 0 Å². The number of halogens is 1. The Kier molecular flexibility index (Phi) is 5.40. The molecule has 7 heteroatoms. The quantitative estimate of drug-likeness (QED) is 0.645. The summed E-state index contributed by atoms with van der Waals surface area (Å²) in [7, 11) is 0. The van der Waals surface area contributed by atoms with E-state index in [9.17, 15) is 9.18 Å². The van der Waals surface area contributed by atoms with Crippen molar-refractivity contribution in [2.45, 2.75) is 26.4 Å². The number of nitrogens with zero attached hydrogens (tertiary/aromatic N) is 2. The molecule has 0 saturated heterocycles. The number of benzene rings is 1. The number of carbonyl (C=O) groups excluding carboxylic acids is 1. The Hall–Kier alpha value is -3.06. The van der Waals surface area contributed by atoms with Crippen LogP contribution in [0.25, 0.3) is 17.3 Å². The second-order valence-electron chi connectivity index (χ2n) is 6.93. The van der Waals surface area contributed by atoms with Gasteiger partial charge in [0.25, 0.3) is 0 Å². The van der Waals surface area contributed by atoms with Crippen LogP contribution in [0, 0.1) is 19.7 Å². The first-order valence-corrected chi connectivity index (χ1v) is 10.2. The number of ether oxygens (including phenoxy) is 1. The summed E-state index contributed by atoms with van der Waals surface area (Å²) in [6.07, 6.45) is 5.16. The topological polar surface area (TPSA) is 64.1 Å². The molecule has 1 aliphatic heterocycles. The minimum atomic E-state index is -0.424. The van der Waals surface area contributed by atoms with E-state index in [4.69, 9.17) is 4.74 Å². The van der Waals surface area contributed by atoms with Crippen molar-refractivity contribution in [3.63, 3.8) is 0 Å². The van der Waals surface area contributed by atoms with Crippen molar-refractivity contribution in [3.8, 4) is 17.0 Å². The van der Waals surface area contributed by atoms with Crippen LogP contribution in [0.4, 0.5) is 4.39 Å². The molecule has 0 radical (unpaired) electrons. The molecule has 1 N–H and O–H groups in total. The monoisotopic (exact) mass is 409 g/mol. The maximum Gasteiger partial charge on any atom is 0.244 e. The maximum absolute atomic E-state index is 14.6. The van der Waals surface area contributed by atoms with Gasteiger partial charge in [0.15, 0.2) is 11.6 Å². The first-order valence-electron chi connectivity index (χ1n) is 9.28. The molecule has 1 amide bonds. The van der Waals surface area contributed by atoms with Gasteiger partial charge in [-0.05, 0) is 43.5 Å². The number of hydrogen-bond donors (Lipinski definition) is 1. The zero-order valence-electron chi connectivity index (χ0n) is 16.1. The lowest BCUT2D eigenvalue weighted by atomic mass is 10.0. The van der Waals surface area contributed by atoms with Crippen LogP contribution in [0.15, 0.2) is 41.9 Å². The number of amides is 1. The molecular weight excluding hydrogens is 389 g/mol. The van der Waals surface area contributed by atoms with Crippen molar-refractivity contribution < 1.29 is 13.9 Å². The summed E-state index contributed by atoms with van der Waals surface area (Å²) in [5.41, 5.74) is 3.65. The maximum atomic E-state index is 14.6. The Morgan fingerprint density at radius 3 is 3.07 bits per heavy atom. The largest absolute Gasteiger partial charge is 0.485 e. The lowest BCUT2D eigenvalue weighted by Gasteiger charge is -2.11. The molecule has 4 rings (SSSR count). The summed E-state index contributed by atoms with van der Waals surface area (Å²) in [5, 5.41) is 4.77. The van der Waals surface area contributed by atoms with Gasteiger partial charge >= 0.3 is 0 Å². The number of aryl methyl sites for hydroxylation is 2. The summed E-state index contributed by atoms with van der Waals surface area (Å²) < 4.78 is 20.4. The van der Waals surface area contributed by atoms with Gasteiger partial charge in [0.05, 0.1) is 23.6 Å². The van der Waals surface area contributed by atoms with Crippen LogP contribution >= 0.6 is 11.3 Å². The van der Waals surface area contributed by atoms with E-state index in [2.05, 4.69) is 15.3 Å². The number of aromatic nitrogens is 2. The molecule has 1 atom stereocenters. The van der Waals surface area contributed by atoms with Crippen LogP contribution in [-0.4, -0.2) is 28.5 Å². The first kappa shape index (κ1) is 19.3. The summed E-state index contributed by atoms with van der Waals surface area (Å²) in [5.74, 6) is -0.378. The van der Waals surface area contributed by atoms with Crippen molar-refractivity contribution in [1.82, 2.24) is 15.3 Å². The fraction of sp³-hybridized carbons (Fsp3) is 0.227. The standard InChI is InChI=1S/C22H20FN3O2S/c1-13-11-24-14(2)21(26-13)15-8-16-9-17(28-22(16)19(23)10-15)12-25-20(27)6-5-18-4-3-7-29-18/h3-8,10-11,17H,9,12H2,1-2H3,(H,25,27)/b6-5+. The van der Waals surface area contributed by atoms with Gasteiger partial charge in [-0.1, -0.05) is 6.07 Å². The van der Waals surface area contributed by atoms with E-state index in [1.807, 2.05) is 37.4 Å². The third-order valence-electron chi connectivity index (χ3n) is 4.65. The zero-order chi connectivity index (χ0) is 20.4. The van der Waals surface area contributed by atoms with E-state index in [1.165, 1.54) is 12.1 Å². The highest BCUT2D eigenvalue weighted by Gasteiger charge is 2.27. The van der Waals surface area contributed by atoms with Gasteiger partial charge in [-0.25, -0.2) is 9.37 Å². The number of nitrogens with one attached hydrogen (secondary N) is 1. The average Bonchev–Trinajstić information content (AvgIpc) is 3.36. The normalized spacial score (nSPS) is 15.3. The van der Waals surface area contributed by atoms with Gasteiger partial charge in [-0.15, -0.1) is 11.3 Å². The molecule has 0 bridgehead atoms. The summed E-state index contributed by atoms with van der Waals surface area (Å²) >= 11 is 1.56. The highest BCUT2D eigenvalue weighted by atomic mass is 32.1. The minimum absolute atomic E-state index is 0.204. The predicted molar refractivity (Wildman–Crippen MR) is 111 cm³/mol. The van der Waals surface area contributed by atoms with Crippen molar-refractivity contribution >= 4 is 23.3 Å². The molecular formula is C22H20FN3O2S. The highest BCUT2D eigenvalue weighted by Crippen LogP contribution is 2.35. The van der Waals surface area contributed by atoms with Crippen molar-refractivity contribution in [3.05, 3.63) is 69.6 Å². The van der Waals surface area contributed by atoms with Crippen LogP contribution in [0.1, 0.15) is 21.8 Å². The summed E-state index contributed by atoms with van der Waals surface area (Å²) in [6.45, 7) is 4.01. The molecule has 0 fully saturated rings.